The molecule has 1 aliphatic carbocycles. The third-order valence-corrected chi connectivity index (χ3v) is 5.54. The molecule has 2 rings (SSSR count). The molecule has 17 heavy (non-hydrogen) atoms. The Hall–Kier alpha value is -0.180. The van der Waals surface area contributed by atoms with Crippen molar-refractivity contribution >= 4 is 23.4 Å². The molecule has 0 aromatic heterocycles. The zero-order valence-corrected chi connectivity index (χ0v) is 11.8. The second-order valence-electron chi connectivity index (χ2n) is 5.00. The first-order chi connectivity index (χ1) is 8.20. The summed E-state index contributed by atoms with van der Waals surface area (Å²) >= 11 is 8.13. The highest BCUT2D eigenvalue weighted by Crippen LogP contribution is 2.41. The molecule has 0 spiro atoms. The summed E-state index contributed by atoms with van der Waals surface area (Å²) in [5.41, 5.74) is 5.88. The third-order valence-electron chi connectivity index (χ3n) is 3.61. The molecule has 0 radical (unpaired) electrons. The number of halogens is 1. The normalized spacial score (nSPS) is 29.2. The van der Waals surface area contributed by atoms with Crippen molar-refractivity contribution in [3.05, 3.63) is 29.3 Å². The Balaban J connectivity index is 2.07. The maximum Gasteiger partial charge on any atom is 0.0541 e. The second-order valence-corrected chi connectivity index (χ2v) is 6.69. The molecule has 3 unspecified atom stereocenters. The predicted octanol–water partition coefficient (Wildman–Crippen LogP) is 4.20. The zero-order valence-electron chi connectivity index (χ0n) is 10.2. The van der Waals surface area contributed by atoms with Crippen molar-refractivity contribution in [3.63, 3.8) is 0 Å². The van der Waals surface area contributed by atoms with Gasteiger partial charge in [-0.25, -0.2) is 0 Å². The van der Waals surface area contributed by atoms with Gasteiger partial charge in [-0.05, 0) is 43.4 Å². The summed E-state index contributed by atoms with van der Waals surface area (Å²) in [6.07, 6.45) is 3.85. The molecule has 3 heteroatoms. The Labute approximate surface area is 113 Å². The third kappa shape index (κ3) is 3.40. The highest BCUT2D eigenvalue weighted by atomic mass is 35.5. The van der Waals surface area contributed by atoms with Crippen molar-refractivity contribution < 1.29 is 0 Å². The van der Waals surface area contributed by atoms with Crippen LogP contribution in [0.1, 0.15) is 26.2 Å². The molecule has 1 aliphatic rings. The van der Waals surface area contributed by atoms with Crippen LogP contribution in [0.2, 0.25) is 5.02 Å². The Morgan fingerprint density at radius 2 is 2.12 bits per heavy atom. The van der Waals surface area contributed by atoms with Gasteiger partial charge in [0.1, 0.15) is 0 Å². The molecule has 1 saturated carbocycles. The standard InChI is InChI=1S/C14H20ClNS/c1-10-6-7-11(9-16)14(8-10)17-13-5-3-2-4-12(13)15/h2-5,10-11,14H,6-9,16H2,1H3. The van der Waals surface area contributed by atoms with Gasteiger partial charge in [-0.2, -0.15) is 0 Å². The minimum absolute atomic E-state index is 0.628. The summed E-state index contributed by atoms with van der Waals surface area (Å²) in [6, 6.07) is 8.11. The van der Waals surface area contributed by atoms with Gasteiger partial charge in [0, 0.05) is 10.1 Å². The van der Waals surface area contributed by atoms with Crippen LogP contribution in [-0.4, -0.2) is 11.8 Å². The van der Waals surface area contributed by atoms with Gasteiger partial charge in [0.15, 0.2) is 0 Å². The first-order valence-corrected chi connectivity index (χ1v) is 7.57. The lowest BCUT2D eigenvalue weighted by molar-refractivity contribution is 0.306. The topological polar surface area (TPSA) is 26.0 Å². The van der Waals surface area contributed by atoms with Gasteiger partial charge in [0.2, 0.25) is 0 Å². The van der Waals surface area contributed by atoms with Gasteiger partial charge in [0.25, 0.3) is 0 Å². The fourth-order valence-corrected chi connectivity index (χ4v) is 4.31. The Kier molecular flexibility index (Phi) is 4.78. The van der Waals surface area contributed by atoms with E-state index in [0.717, 1.165) is 17.5 Å². The highest BCUT2D eigenvalue weighted by molar-refractivity contribution is 8.00. The van der Waals surface area contributed by atoms with Crippen molar-refractivity contribution in [2.45, 2.75) is 36.3 Å². The van der Waals surface area contributed by atoms with Crippen molar-refractivity contribution in [1.29, 1.82) is 0 Å². The number of hydrogen-bond donors (Lipinski definition) is 1. The Morgan fingerprint density at radius 3 is 2.82 bits per heavy atom. The minimum Gasteiger partial charge on any atom is -0.330 e. The molecule has 0 heterocycles. The van der Waals surface area contributed by atoms with E-state index in [1.165, 1.54) is 24.2 Å². The van der Waals surface area contributed by atoms with E-state index >= 15 is 0 Å². The maximum atomic E-state index is 6.22. The molecule has 2 N–H and O–H groups in total. The fourth-order valence-electron chi connectivity index (χ4n) is 2.51. The van der Waals surface area contributed by atoms with E-state index in [1.54, 1.807) is 0 Å². The van der Waals surface area contributed by atoms with Gasteiger partial charge in [-0.3, -0.25) is 0 Å². The van der Waals surface area contributed by atoms with Gasteiger partial charge >= 0.3 is 0 Å². The van der Waals surface area contributed by atoms with Gasteiger partial charge in [-0.15, -0.1) is 11.8 Å². The maximum absolute atomic E-state index is 6.22. The first kappa shape index (κ1) is 13.3. The lowest BCUT2D eigenvalue weighted by Crippen LogP contribution is -2.31. The summed E-state index contributed by atoms with van der Waals surface area (Å²) in [5, 5.41) is 1.50. The number of benzene rings is 1. The minimum atomic E-state index is 0.628. The van der Waals surface area contributed by atoms with E-state index < -0.39 is 0 Å². The van der Waals surface area contributed by atoms with Crippen LogP contribution < -0.4 is 5.73 Å². The van der Waals surface area contributed by atoms with Crippen LogP contribution in [0.4, 0.5) is 0 Å². The average molecular weight is 270 g/mol. The van der Waals surface area contributed by atoms with Crippen molar-refractivity contribution in [1.82, 2.24) is 0 Å². The van der Waals surface area contributed by atoms with Crippen LogP contribution >= 0.6 is 23.4 Å². The number of rotatable bonds is 3. The molecule has 0 saturated heterocycles. The Bertz CT molecular complexity index is 369. The smallest absolute Gasteiger partial charge is 0.0541 e. The summed E-state index contributed by atoms with van der Waals surface area (Å²) in [7, 11) is 0. The lowest BCUT2D eigenvalue weighted by Gasteiger charge is -2.33. The fraction of sp³-hybridized carbons (Fsp3) is 0.571. The molecule has 1 fully saturated rings. The van der Waals surface area contributed by atoms with E-state index in [9.17, 15) is 0 Å². The molecular formula is C14H20ClNS. The summed E-state index contributed by atoms with van der Waals surface area (Å²) < 4.78 is 0. The monoisotopic (exact) mass is 269 g/mol. The van der Waals surface area contributed by atoms with E-state index in [-0.39, 0.29) is 0 Å². The van der Waals surface area contributed by atoms with Gasteiger partial charge in [0.05, 0.1) is 5.02 Å². The predicted molar refractivity (Wildman–Crippen MR) is 76.7 cm³/mol. The van der Waals surface area contributed by atoms with Crippen molar-refractivity contribution in [2.75, 3.05) is 6.54 Å². The van der Waals surface area contributed by atoms with Crippen LogP contribution in [0.15, 0.2) is 29.2 Å². The van der Waals surface area contributed by atoms with Crippen LogP contribution in [0, 0.1) is 11.8 Å². The first-order valence-electron chi connectivity index (χ1n) is 6.32. The van der Waals surface area contributed by atoms with Crippen LogP contribution in [0.5, 0.6) is 0 Å². The average Bonchev–Trinajstić information content (AvgIpc) is 2.32. The molecule has 0 amide bonds. The van der Waals surface area contributed by atoms with Gasteiger partial charge in [-0.1, -0.05) is 37.1 Å². The van der Waals surface area contributed by atoms with E-state index in [1.807, 2.05) is 23.9 Å². The highest BCUT2D eigenvalue weighted by Gasteiger charge is 2.28. The summed E-state index contributed by atoms with van der Waals surface area (Å²) in [5.74, 6) is 1.46. The van der Waals surface area contributed by atoms with Gasteiger partial charge < -0.3 is 5.73 Å². The lowest BCUT2D eigenvalue weighted by atomic mass is 9.82. The van der Waals surface area contributed by atoms with Crippen LogP contribution in [0.3, 0.4) is 0 Å². The number of nitrogens with two attached hydrogens (primary N) is 1. The SMILES string of the molecule is CC1CCC(CN)C(Sc2ccccc2Cl)C1. The van der Waals surface area contributed by atoms with E-state index in [4.69, 9.17) is 17.3 Å². The van der Waals surface area contributed by atoms with Crippen molar-refractivity contribution in [2.24, 2.45) is 17.6 Å². The summed E-state index contributed by atoms with van der Waals surface area (Å²) in [4.78, 5) is 1.20. The molecule has 1 nitrogen and oxygen atoms in total. The molecular weight excluding hydrogens is 250 g/mol. The summed E-state index contributed by atoms with van der Waals surface area (Å²) in [6.45, 7) is 3.14. The zero-order chi connectivity index (χ0) is 12.3. The van der Waals surface area contributed by atoms with Crippen LogP contribution in [0.25, 0.3) is 0 Å². The molecule has 1 aromatic rings. The second kappa shape index (κ2) is 6.12. The molecule has 94 valence electrons. The van der Waals surface area contributed by atoms with E-state index in [2.05, 4.69) is 19.1 Å². The number of hydrogen-bond acceptors (Lipinski definition) is 2. The van der Waals surface area contributed by atoms with Crippen LogP contribution in [-0.2, 0) is 0 Å². The largest absolute Gasteiger partial charge is 0.330 e. The molecule has 0 aliphatic heterocycles. The molecule has 1 aromatic carbocycles. The number of thioether (sulfide) groups is 1. The Morgan fingerprint density at radius 1 is 1.35 bits per heavy atom. The quantitative estimate of drug-likeness (QED) is 0.890. The molecule has 3 atom stereocenters. The van der Waals surface area contributed by atoms with Crippen molar-refractivity contribution in [3.8, 4) is 0 Å². The molecule has 0 bridgehead atoms. The van der Waals surface area contributed by atoms with E-state index in [0.29, 0.717) is 11.2 Å².